The van der Waals surface area contributed by atoms with Crippen molar-refractivity contribution in [1.29, 1.82) is 5.26 Å². The number of aromatic nitrogens is 1. The lowest BCUT2D eigenvalue weighted by molar-refractivity contribution is 0.272. The quantitative estimate of drug-likeness (QED) is 0.830. The Bertz CT molecular complexity index is 343. The van der Waals surface area contributed by atoms with E-state index in [2.05, 4.69) is 10.3 Å². The number of hydrogen-bond donors (Lipinski definition) is 2. The highest BCUT2D eigenvalue weighted by molar-refractivity contribution is 7.16. The molecule has 6 heteroatoms. The number of nitrogens with zero attached hydrogens (tertiary/aromatic N) is 2. The minimum Gasteiger partial charge on any atom is -0.394 e. The number of nitriles is 1. The fraction of sp³-hybridized carbons (Fsp3) is 0.500. The second-order valence-electron chi connectivity index (χ2n) is 2.68. The van der Waals surface area contributed by atoms with E-state index < -0.39 is 0 Å². The zero-order valence-electron chi connectivity index (χ0n) is 7.62. The highest BCUT2D eigenvalue weighted by atomic mass is 35.5. The first-order chi connectivity index (χ1) is 6.71. The van der Waals surface area contributed by atoms with Crippen molar-refractivity contribution in [2.75, 3.05) is 11.9 Å². The highest BCUT2D eigenvalue weighted by Gasteiger charge is 2.11. The maximum Gasteiger partial charge on any atom is 0.185 e. The van der Waals surface area contributed by atoms with Crippen molar-refractivity contribution in [3.8, 4) is 6.07 Å². The molecule has 14 heavy (non-hydrogen) atoms. The molecule has 0 fully saturated rings. The maximum atomic E-state index is 8.94. The largest absolute Gasteiger partial charge is 0.394 e. The van der Waals surface area contributed by atoms with Crippen LogP contribution in [0.2, 0.25) is 5.15 Å². The average Bonchev–Trinajstić information content (AvgIpc) is 2.55. The van der Waals surface area contributed by atoms with Crippen LogP contribution < -0.4 is 5.32 Å². The minimum atomic E-state index is -0.0382. The van der Waals surface area contributed by atoms with Gasteiger partial charge in [-0.15, -0.1) is 0 Å². The zero-order valence-corrected chi connectivity index (χ0v) is 9.19. The Morgan fingerprint density at radius 2 is 2.50 bits per heavy atom. The molecular weight excluding hydrogens is 222 g/mol. The van der Waals surface area contributed by atoms with Crippen LogP contribution in [0.1, 0.15) is 18.2 Å². The molecule has 0 amide bonds. The first-order valence-electron chi connectivity index (χ1n) is 4.15. The summed E-state index contributed by atoms with van der Waals surface area (Å²) in [6.45, 7) is 1.99. The van der Waals surface area contributed by atoms with E-state index in [1.54, 1.807) is 0 Å². The predicted octanol–water partition coefficient (Wildman–Crippen LogP) is 1.85. The van der Waals surface area contributed by atoms with E-state index in [4.69, 9.17) is 22.0 Å². The summed E-state index contributed by atoms with van der Waals surface area (Å²) in [5.41, 5.74) is 0. The number of hydrogen-bond acceptors (Lipinski definition) is 5. The summed E-state index contributed by atoms with van der Waals surface area (Å²) < 4.78 is 0. The van der Waals surface area contributed by atoms with Gasteiger partial charge in [-0.2, -0.15) is 5.26 Å². The molecule has 1 aromatic rings. The number of aliphatic hydroxyl groups excluding tert-OH is 1. The first-order valence-corrected chi connectivity index (χ1v) is 5.34. The van der Waals surface area contributed by atoms with Crippen molar-refractivity contribution >= 4 is 28.1 Å². The van der Waals surface area contributed by atoms with E-state index in [1.165, 1.54) is 11.3 Å². The third kappa shape index (κ3) is 2.58. The molecule has 0 unspecified atom stereocenters. The summed E-state index contributed by atoms with van der Waals surface area (Å²) in [5.74, 6) is 0. The van der Waals surface area contributed by atoms with Gasteiger partial charge in [0.2, 0.25) is 0 Å². The van der Waals surface area contributed by atoms with Crippen molar-refractivity contribution in [2.45, 2.75) is 19.4 Å². The molecule has 0 saturated heterocycles. The van der Waals surface area contributed by atoms with E-state index in [1.807, 2.05) is 13.0 Å². The fourth-order valence-corrected chi connectivity index (χ4v) is 1.91. The summed E-state index contributed by atoms with van der Waals surface area (Å²) in [5, 5.41) is 21.4. The van der Waals surface area contributed by atoms with Crippen LogP contribution in [0.3, 0.4) is 0 Å². The van der Waals surface area contributed by atoms with Crippen molar-refractivity contribution < 1.29 is 5.11 Å². The van der Waals surface area contributed by atoms with Gasteiger partial charge in [-0.1, -0.05) is 29.9 Å². The van der Waals surface area contributed by atoms with Gasteiger partial charge < -0.3 is 10.4 Å². The molecule has 1 aromatic heterocycles. The van der Waals surface area contributed by atoms with Gasteiger partial charge in [-0.25, -0.2) is 4.98 Å². The van der Waals surface area contributed by atoms with Crippen LogP contribution in [0.4, 0.5) is 5.13 Å². The first kappa shape index (κ1) is 11.2. The van der Waals surface area contributed by atoms with Crippen LogP contribution in [0, 0.1) is 11.3 Å². The number of aliphatic hydroxyl groups is 1. The lowest BCUT2D eigenvalue weighted by Crippen LogP contribution is -2.22. The Morgan fingerprint density at radius 1 is 1.79 bits per heavy atom. The number of anilines is 1. The Morgan fingerprint density at radius 3 is 2.93 bits per heavy atom. The molecule has 76 valence electrons. The van der Waals surface area contributed by atoms with Crippen molar-refractivity contribution in [1.82, 2.24) is 4.98 Å². The molecular formula is C8H10ClN3OS. The number of rotatable bonds is 4. The average molecular weight is 232 g/mol. The highest BCUT2D eigenvalue weighted by Crippen LogP contribution is 2.26. The van der Waals surface area contributed by atoms with E-state index in [9.17, 15) is 0 Å². The summed E-state index contributed by atoms with van der Waals surface area (Å²) in [6, 6.07) is 1.91. The molecule has 0 aliphatic heterocycles. The predicted molar refractivity (Wildman–Crippen MR) is 56.6 cm³/mol. The van der Waals surface area contributed by atoms with E-state index >= 15 is 0 Å². The molecule has 1 rings (SSSR count). The van der Waals surface area contributed by atoms with E-state index in [-0.39, 0.29) is 17.8 Å². The lowest BCUT2D eigenvalue weighted by Gasteiger charge is -2.11. The third-order valence-electron chi connectivity index (χ3n) is 1.73. The molecule has 0 radical (unpaired) electrons. The molecule has 0 aliphatic carbocycles. The van der Waals surface area contributed by atoms with Crippen LogP contribution >= 0.6 is 22.9 Å². The van der Waals surface area contributed by atoms with Gasteiger partial charge in [0.15, 0.2) is 10.3 Å². The summed E-state index contributed by atoms with van der Waals surface area (Å²) in [6.07, 6.45) is 0.787. The van der Waals surface area contributed by atoms with Gasteiger partial charge in [-0.3, -0.25) is 0 Å². The Balaban J connectivity index is 2.73. The zero-order chi connectivity index (χ0) is 10.6. The second-order valence-corrected chi connectivity index (χ2v) is 4.04. The number of nitrogens with one attached hydrogen (secondary N) is 1. The molecule has 1 atom stereocenters. The SMILES string of the molecule is CC[C@@H](CO)Nc1nc(Cl)c(C#N)s1. The van der Waals surface area contributed by atoms with Gasteiger partial charge >= 0.3 is 0 Å². The topological polar surface area (TPSA) is 68.9 Å². The Hall–Kier alpha value is -0.830. The van der Waals surface area contributed by atoms with Gasteiger partial charge in [0.1, 0.15) is 10.9 Å². The van der Waals surface area contributed by atoms with E-state index in [0.29, 0.717) is 10.0 Å². The van der Waals surface area contributed by atoms with Crippen LogP contribution in [0.15, 0.2) is 0 Å². The summed E-state index contributed by atoms with van der Waals surface area (Å²) in [4.78, 5) is 4.35. The van der Waals surface area contributed by atoms with E-state index in [0.717, 1.165) is 6.42 Å². The molecule has 0 aliphatic rings. The van der Waals surface area contributed by atoms with Gasteiger partial charge in [0, 0.05) is 0 Å². The van der Waals surface area contributed by atoms with Gasteiger partial charge in [-0.05, 0) is 6.42 Å². The third-order valence-corrected chi connectivity index (χ3v) is 3.00. The van der Waals surface area contributed by atoms with Crippen LogP contribution in [0.5, 0.6) is 0 Å². The Labute approximate surface area is 91.2 Å². The molecule has 2 N–H and O–H groups in total. The normalized spacial score (nSPS) is 12.1. The molecule has 4 nitrogen and oxygen atoms in total. The maximum absolute atomic E-state index is 8.94. The minimum absolute atomic E-state index is 0.0373. The summed E-state index contributed by atoms with van der Waals surface area (Å²) >= 11 is 6.88. The molecule has 0 saturated carbocycles. The van der Waals surface area contributed by atoms with Crippen molar-refractivity contribution in [2.24, 2.45) is 0 Å². The number of halogens is 1. The van der Waals surface area contributed by atoms with Crippen molar-refractivity contribution in [3.05, 3.63) is 10.0 Å². The van der Waals surface area contributed by atoms with Crippen LogP contribution in [-0.2, 0) is 0 Å². The molecule has 0 bridgehead atoms. The second kappa shape index (κ2) is 5.15. The van der Waals surface area contributed by atoms with Crippen LogP contribution in [-0.4, -0.2) is 22.7 Å². The fourth-order valence-electron chi connectivity index (χ4n) is 0.884. The summed E-state index contributed by atoms with van der Waals surface area (Å²) in [7, 11) is 0. The lowest BCUT2D eigenvalue weighted by atomic mass is 10.2. The standard InChI is InChI=1S/C8H10ClN3OS/c1-2-5(4-13)11-8-12-7(9)6(3-10)14-8/h5,13H,2,4H2,1H3,(H,11,12)/t5-/m0/s1. The van der Waals surface area contributed by atoms with Crippen molar-refractivity contribution in [3.63, 3.8) is 0 Å². The Kier molecular flexibility index (Phi) is 4.14. The number of thiazole rings is 1. The van der Waals surface area contributed by atoms with Gasteiger partial charge in [0.05, 0.1) is 12.6 Å². The molecule has 1 heterocycles. The monoisotopic (exact) mass is 231 g/mol. The smallest absolute Gasteiger partial charge is 0.185 e. The molecule has 0 aromatic carbocycles. The molecule has 0 spiro atoms. The van der Waals surface area contributed by atoms with Gasteiger partial charge in [0.25, 0.3) is 0 Å². The van der Waals surface area contributed by atoms with Crippen LogP contribution in [0.25, 0.3) is 0 Å².